The molecule has 170 valence electrons. The molecule has 0 amide bonds. The SMILES string of the molecule is COc1cc2nccc(Oc3ccc(OCCCOc4ccc(F)cc4)cc3)c2cc1OC. The van der Waals surface area contributed by atoms with Crippen molar-refractivity contribution in [3.05, 3.63) is 78.7 Å². The maximum atomic E-state index is 12.9. The molecule has 0 radical (unpaired) electrons. The summed E-state index contributed by atoms with van der Waals surface area (Å²) in [5, 5.41) is 0.816. The number of hydrogen-bond acceptors (Lipinski definition) is 6. The maximum absolute atomic E-state index is 12.9. The summed E-state index contributed by atoms with van der Waals surface area (Å²) < 4.78 is 41.1. The monoisotopic (exact) mass is 449 g/mol. The lowest BCUT2D eigenvalue weighted by Crippen LogP contribution is -2.05. The Bertz CT molecular complexity index is 1200. The van der Waals surface area contributed by atoms with E-state index in [1.165, 1.54) is 12.1 Å². The second-order valence-electron chi connectivity index (χ2n) is 7.11. The van der Waals surface area contributed by atoms with Gasteiger partial charge in [-0.15, -0.1) is 0 Å². The molecule has 0 spiro atoms. The van der Waals surface area contributed by atoms with Crippen molar-refractivity contribution in [2.75, 3.05) is 27.4 Å². The van der Waals surface area contributed by atoms with Crippen molar-refractivity contribution >= 4 is 10.9 Å². The highest BCUT2D eigenvalue weighted by Gasteiger charge is 2.11. The van der Waals surface area contributed by atoms with Crippen molar-refractivity contribution in [2.24, 2.45) is 0 Å². The first-order valence-electron chi connectivity index (χ1n) is 10.5. The highest BCUT2D eigenvalue weighted by Crippen LogP contribution is 2.37. The fraction of sp³-hybridized carbons (Fsp3) is 0.192. The number of hydrogen-bond donors (Lipinski definition) is 0. The summed E-state index contributed by atoms with van der Waals surface area (Å²) in [6.07, 6.45) is 2.39. The summed E-state index contributed by atoms with van der Waals surface area (Å²) in [4.78, 5) is 4.39. The van der Waals surface area contributed by atoms with E-state index in [4.69, 9.17) is 23.7 Å². The molecule has 4 rings (SSSR count). The van der Waals surface area contributed by atoms with Gasteiger partial charge in [-0.3, -0.25) is 4.98 Å². The molecule has 7 heteroatoms. The Hall–Kier alpha value is -4.00. The van der Waals surface area contributed by atoms with E-state index in [0.717, 1.165) is 16.7 Å². The predicted molar refractivity (Wildman–Crippen MR) is 123 cm³/mol. The van der Waals surface area contributed by atoms with E-state index >= 15 is 0 Å². The maximum Gasteiger partial charge on any atom is 0.162 e. The molecular weight excluding hydrogens is 425 g/mol. The van der Waals surface area contributed by atoms with Gasteiger partial charge in [-0.25, -0.2) is 4.39 Å². The van der Waals surface area contributed by atoms with Crippen molar-refractivity contribution in [3.63, 3.8) is 0 Å². The number of ether oxygens (including phenoxy) is 5. The number of rotatable bonds is 10. The smallest absolute Gasteiger partial charge is 0.162 e. The third kappa shape index (κ3) is 5.63. The van der Waals surface area contributed by atoms with Crippen LogP contribution >= 0.6 is 0 Å². The van der Waals surface area contributed by atoms with E-state index in [1.807, 2.05) is 36.4 Å². The van der Waals surface area contributed by atoms with Gasteiger partial charge in [0, 0.05) is 24.1 Å². The summed E-state index contributed by atoms with van der Waals surface area (Å²) in [5.74, 6) is 3.63. The van der Waals surface area contributed by atoms with Gasteiger partial charge in [0.05, 0.1) is 33.0 Å². The number of nitrogens with zero attached hydrogens (tertiary/aromatic N) is 1. The van der Waals surface area contributed by atoms with Gasteiger partial charge in [-0.1, -0.05) is 0 Å². The molecule has 0 fully saturated rings. The predicted octanol–water partition coefficient (Wildman–Crippen LogP) is 6.03. The molecule has 0 aliphatic heterocycles. The Morgan fingerprint density at radius 3 is 1.91 bits per heavy atom. The number of fused-ring (bicyclic) bond motifs is 1. The topological polar surface area (TPSA) is 59.0 Å². The zero-order valence-corrected chi connectivity index (χ0v) is 18.4. The van der Waals surface area contributed by atoms with Crippen LogP contribution in [-0.2, 0) is 0 Å². The lowest BCUT2D eigenvalue weighted by Gasteiger charge is -2.13. The molecule has 0 aliphatic carbocycles. The number of aromatic nitrogens is 1. The van der Waals surface area contributed by atoms with Gasteiger partial charge in [0.2, 0.25) is 0 Å². The summed E-state index contributed by atoms with van der Waals surface area (Å²) in [6.45, 7) is 0.980. The first-order chi connectivity index (χ1) is 16.2. The molecule has 0 bridgehead atoms. The second-order valence-corrected chi connectivity index (χ2v) is 7.11. The standard InChI is InChI=1S/C26H24FNO5/c1-29-25-16-22-23(17-26(25)30-2)28-13-12-24(22)33-21-10-8-20(9-11-21)32-15-3-14-31-19-6-4-18(27)5-7-19/h4-13,16-17H,3,14-15H2,1-2H3. The highest BCUT2D eigenvalue weighted by atomic mass is 19.1. The molecule has 3 aromatic carbocycles. The lowest BCUT2D eigenvalue weighted by molar-refractivity contribution is 0.247. The summed E-state index contributed by atoms with van der Waals surface area (Å²) >= 11 is 0. The second kappa shape index (κ2) is 10.5. The number of halogens is 1. The van der Waals surface area contributed by atoms with Crippen molar-refractivity contribution in [3.8, 4) is 34.5 Å². The van der Waals surface area contributed by atoms with Gasteiger partial charge in [0.25, 0.3) is 0 Å². The average molecular weight is 449 g/mol. The fourth-order valence-corrected chi connectivity index (χ4v) is 3.24. The Morgan fingerprint density at radius 1 is 0.697 bits per heavy atom. The largest absolute Gasteiger partial charge is 0.493 e. The molecule has 0 unspecified atom stereocenters. The van der Waals surface area contributed by atoms with Crippen molar-refractivity contribution < 1.29 is 28.1 Å². The van der Waals surface area contributed by atoms with Gasteiger partial charge < -0.3 is 23.7 Å². The normalized spacial score (nSPS) is 10.6. The summed E-state index contributed by atoms with van der Waals surface area (Å²) in [5.41, 5.74) is 0.743. The molecule has 0 aliphatic rings. The van der Waals surface area contributed by atoms with Gasteiger partial charge in [0.15, 0.2) is 11.5 Å². The van der Waals surface area contributed by atoms with Crippen LogP contribution in [0, 0.1) is 5.82 Å². The Kier molecular flexibility index (Phi) is 7.09. The minimum Gasteiger partial charge on any atom is -0.493 e. The molecule has 1 heterocycles. The molecule has 1 aromatic heterocycles. The van der Waals surface area contributed by atoms with E-state index in [2.05, 4.69) is 4.98 Å². The van der Waals surface area contributed by atoms with Crippen LogP contribution in [0.5, 0.6) is 34.5 Å². The quantitative estimate of drug-likeness (QED) is 0.276. The van der Waals surface area contributed by atoms with Crippen LogP contribution in [0.25, 0.3) is 10.9 Å². The van der Waals surface area contributed by atoms with Crippen LogP contribution in [-0.4, -0.2) is 32.4 Å². The Labute approximate surface area is 191 Å². The molecular formula is C26H24FNO5. The Balaban J connectivity index is 1.33. The molecule has 4 aromatic rings. The number of pyridine rings is 1. The lowest BCUT2D eigenvalue weighted by atomic mass is 10.2. The zero-order chi connectivity index (χ0) is 23.0. The first-order valence-corrected chi connectivity index (χ1v) is 10.5. The third-order valence-corrected chi connectivity index (χ3v) is 4.90. The minimum absolute atomic E-state index is 0.282. The van der Waals surface area contributed by atoms with Crippen molar-refractivity contribution in [2.45, 2.75) is 6.42 Å². The summed E-state index contributed by atoms with van der Waals surface area (Å²) in [7, 11) is 3.18. The number of methoxy groups -OCH3 is 2. The minimum atomic E-state index is -0.282. The molecule has 6 nitrogen and oxygen atoms in total. The third-order valence-electron chi connectivity index (χ3n) is 4.90. The van der Waals surface area contributed by atoms with Gasteiger partial charge in [-0.05, 0) is 60.7 Å². The van der Waals surface area contributed by atoms with E-state index in [-0.39, 0.29) is 5.82 Å². The van der Waals surface area contributed by atoms with E-state index in [1.54, 1.807) is 38.6 Å². The van der Waals surface area contributed by atoms with E-state index < -0.39 is 0 Å². The Morgan fingerprint density at radius 2 is 1.27 bits per heavy atom. The van der Waals surface area contributed by atoms with Gasteiger partial charge in [0.1, 0.15) is 28.8 Å². The average Bonchev–Trinajstić information content (AvgIpc) is 2.85. The molecule has 0 saturated carbocycles. The van der Waals surface area contributed by atoms with Crippen LogP contribution in [0.15, 0.2) is 72.9 Å². The molecule has 0 N–H and O–H groups in total. The van der Waals surface area contributed by atoms with Crippen molar-refractivity contribution in [1.29, 1.82) is 0 Å². The fourth-order valence-electron chi connectivity index (χ4n) is 3.24. The highest BCUT2D eigenvalue weighted by molar-refractivity contribution is 5.88. The van der Waals surface area contributed by atoms with Crippen LogP contribution in [0.2, 0.25) is 0 Å². The van der Waals surface area contributed by atoms with Gasteiger partial charge >= 0.3 is 0 Å². The van der Waals surface area contributed by atoms with Crippen molar-refractivity contribution in [1.82, 2.24) is 4.98 Å². The van der Waals surface area contributed by atoms with Crippen LogP contribution in [0.1, 0.15) is 6.42 Å². The molecule has 33 heavy (non-hydrogen) atoms. The van der Waals surface area contributed by atoms with Crippen LogP contribution in [0.3, 0.4) is 0 Å². The molecule has 0 saturated heterocycles. The molecule has 0 atom stereocenters. The van der Waals surface area contributed by atoms with E-state index in [9.17, 15) is 4.39 Å². The van der Waals surface area contributed by atoms with Crippen LogP contribution in [0.4, 0.5) is 4.39 Å². The number of benzene rings is 3. The summed E-state index contributed by atoms with van der Waals surface area (Å²) in [6, 6.07) is 18.8. The first kappa shape index (κ1) is 22.2. The van der Waals surface area contributed by atoms with E-state index in [0.29, 0.717) is 48.4 Å². The zero-order valence-electron chi connectivity index (χ0n) is 18.4. The van der Waals surface area contributed by atoms with Gasteiger partial charge in [-0.2, -0.15) is 0 Å². The van der Waals surface area contributed by atoms with Crippen LogP contribution < -0.4 is 23.7 Å².